The van der Waals surface area contributed by atoms with Gasteiger partial charge >= 0.3 is 0 Å². The summed E-state index contributed by atoms with van der Waals surface area (Å²) >= 11 is 3.55. The van der Waals surface area contributed by atoms with E-state index in [4.69, 9.17) is 4.74 Å². The predicted octanol–water partition coefficient (Wildman–Crippen LogP) is 3.44. The highest BCUT2D eigenvalue weighted by molar-refractivity contribution is 9.10. The number of rotatable bonds is 5. The molecule has 2 nitrogen and oxygen atoms in total. The van der Waals surface area contributed by atoms with Gasteiger partial charge in [-0.3, -0.25) is 0 Å². The number of hydrogen-bond donors (Lipinski definition) is 1. The van der Waals surface area contributed by atoms with E-state index in [-0.39, 0.29) is 0 Å². The molecule has 0 saturated heterocycles. The van der Waals surface area contributed by atoms with E-state index < -0.39 is 0 Å². The highest BCUT2D eigenvalue weighted by Gasteiger charge is 2.17. The molecule has 17 heavy (non-hydrogen) atoms. The van der Waals surface area contributed by atoms with Crippen molar-refractivity contribution in [3.63, 3.8) is 0 Å². The second-order valence-corrected chi connectivity index (χ2v) is 5.37. The van der Waals surface area contributed by atoms with Gasteiger partial charge in [0.15, 0.2) is 0 Å². The maximum atomic E-state index is 5.70. The summed E-state index contributed by atoms with van der Waals surface area (Å²) in [4.78, 5) is 0. The summed E-state index contributed by atoms with van der Waals surface area (Å²) in [5, 5.41) is 3.48. The normalized spacial score (nSPS) is 15.2. The van der Waals surface area contributed by atoms with Gasteiger partial charge in [-0.25, -0.2) is 0 Å². The van der Waals surface area contributed by atoms with Crippen LogP contribution in [0.15, 0.2) is 29.3 Å². The van der Waals surface area contributed by atoms with E-state index in [0.717, 1.165) is 36.2 Å². The number of halogens is 1. The maximum absolute atomic E-state index is 5.70. The molecule has 0 fully saturated rings. The summed E-state index contributed by atoms with van der Waals surface area (Å²) in [6.07, 6.45) is 3.94. The Morgan fingerprint density at radius 3 is 3.18 bits per heavy atom. The van der Waals surface area contributed by atoms with Crippen molar-refractivity contribution in [3.05, 3.63) is 40.4 Å². The third-order valence-electron chi connectivity index (χ3n) is 2.99. The summed E-state index contributed by atoms with van der Waals surface area (Å²) in [5.41, 5.74) is 2.55. The molecular formula is C14H18BrNO. The molecule has 1 aromatic carbocycles. The van der Waals surface area contributed by atoms with Crippen molar-refractivity contribution in [2.24, 2.45) is 0 Å². The van der Waals surface area contributed by atoms with E-state index in [1.807, 2.05) is 6.08 Å². The van der Waals surface area contributed by atoms with Gasteiger partial charge in [-0.1, -0.05) is 22.0 Å². The topological polar surface area (TPSA) is 21.3 Å². The van der Waals surface area contributed by atoms with Crippen molar-refractivity contribution < 1.29 is 4.74 Å². The molecule has 0 aromatic heterocycles. The highest BCUT2D eigenvalue weighted by atomic mass is 79.9. The van der Waals surface area contributed by atoms with Gasteiger partial charge in [-0.15, -0.1) is 6.58 Å². The minimum atomic E-state index is 0.448. The van der Waals surface area contributed by atoms with Gasteiger partial charge in [-0.2, -0.15) is 0 Å². The lowest BCUT2D eigenvalue weighted by Gasteiger charge is -2.14. The third-order valence-corrected chi connectivity index (χ3v) is 3.44. The van der Waals surface area contributed by atoms with Crippen molar-refractivity contribution in [2.75, 3.05) is 6.61 Å². The van der Waals surface area contributed by atoms with Crippen LogP contribution in [0.3, 0.4) is 0 Å². The van der Waals surface area contributed by atoms with Crippen molar-refractivity contribution in [2.45, 2.75) is 32.4 Å². The Hall–Kier alpha value is -0.800. The van der Waals surface area contributed by atoms with E-state index in [0.29, 0.717) is 6.04 Å². The molecule has 1 aromatic rings. The molecule has 0 aliphatic carbocycles. The largest absolute Gasteiger partial charge is 0.493 e. The van der Waals surface area contributed by atoms with Crippen LogP contribution in [0.5, 0.6) is 5.75 Å². The van der Waals surface area contributed by atoms with Crippen LogP contribution in [0.1, 0.15) is 24.5 Å². The lowest BCUT2D eigenvalue weighted by Crippen LogP contribution is -2.24. The maximum Gasteiger partial charge on any atom is 0.127 e. The highest BCUT2D eigenvalue weighted by Crippen LogP contribution is 2.32. The predicted molar refractivity (Wildman–Crippen MR) is 74.5 cm³/mol. The smallest absolute Gasteiger partial charge is 0.127 e. The third kappa shape index (κ3) is 3.11. The van der Waals surface area contributed by atoms with Crippen molar-refractivity contribution in [3.8, 4) is 5.75 Å². The van der Waals surface area contributed by atoms with Crippen molar-refractivity contribution in [1.29, 1.82) is 0 Å². The zero-order chi connectivity index (χ0) is 12.3. The van der Waals surface area contributed by atoms with Gasteiger partial charge in [0.1, 0.15) is 5.75 Å². The Morgan fingerprint density at radius 1 is 1.59 bits per heavy atom. The van der Waals surface area contributed by atoms with E-state index in [1.165, 1.54) is 11.1 Å². The molecule has 0 spiro atoms. The summed E-state index contributed by atoms with van der Waals surface area (Å²) in [6.45, 7) is 7.57. The van der Waals surface area contributed by atoms with Crippen LogP contribution in [-0.2, 0) is 13.0 Å². The SMILES string of the molecule is C=CCC(C)NCc1cc(Br)cc2c1OCC2. The lowest BCUT2D eigenvalue weighted by atomic mass is 10.1. The molecule has 0 radical (unpaired) electrons. The first-order valence-electron chi connectivity index (χ1n) is 5.99. The first kappa shape index (κ1) is 12.7. The van der Waals surface area contributed by atoms with Crippen LogP contribution in [0.4, 0.5) is 0 Å². The standard InChI is InChI=1S/C14H18BrNO/c1-3-4-10(2)16-9-12-8-13(15)7-11-5-6-17-14(11)12/h3,7-8,10,16H,1,4-6,9H2,2H3. The minimum Gasteiger partial charge on any atom is -0.493 e. The molecular weight excluding hydrogens is 278 g/mol. The fourth-order valence-electron chi connectivity index (χ4n) is 2.09. The van der Waals surface area contributed by atoms with Crippen LogP contribution in [0, 0.1) is 0 Å². The van der Waals surface area contributed by atoms with Gasteiger partial charge in [0.05, 0.1) is 6.61 Å². The molecule has 92 valence electrons. The molecule has 1 unspecified atom stereocenters. The molecule has 3 heteroatoms. The summed E-state index contributed by atoms with van der Waals surface area (Å²) in [7, 11) is 0. The fourth-order valence-corrected chi connectivity index (χ4v) is 2.65. The van der Waals surface area contributed by atoms with Crippen LogP contribution in [0.2, 0.25) is 0 Å². The quantitative estimate of drug-likeness (QED) is 0.840. The summed E-state index contributed by atoms with van der Waals surface area (Å²) in [5.74, 6) is 1.08. The summed E-state index contributed by atoms with van der Waals surface area (Å²) < 4.78 is 6.83. The Kier molecular flexibility index (Phi) is 4.24. The first-order chi connectivity index (χ1) is 8.20. The van der Waals surface area contributed by atoms with Crippen LogP contribution >= 0.6 is 15.9 Å². The molecule has 1 heterocycles. The molecule has 0 amide bonds. The number of fused-ring (bicyclic) bond motifs is 1. The Balaban J connectivity index is 2.08. The van der Waals surface area contributed by atoms with E-state index in [9.17, 15) is 0 Å². The van der Waals surface area contributed by atoms with E-state index in [1.54, 1.807) is 0 Å². The molecule has 1 aliphatic heterocycles. The zero-order valence-electron chi connectivity index (χ0n) is 10.1. The lowest BCUT2D eigenvalue weighted by molar-refractivity contribution is 0.351. The van der Waals surface area contributed by atoms with Gasteiger partial charge in [0, 0.05) is 29.0 Å². The fraction of sp³-hybridized carbons (Fsp3) is 0.429. The van der Waals surface area contributed by atoms with Gasteiger partial charge in [-0.05, 0) is 31.0 Å². The Morgan fingerprint density at radius 2 is 2.41 bits per heavy atom. The molecule has 0 bridgehead atoms. The molecule has 1 aliphatic rings. The second-order valence-electron chi connectivity index (χ2n) is 4.46. The molecule has 1 atom stereocenters. The van der Waals surface area contributed by atoms with Crippen LogP contribution < -0.4 is 10.1 Å². The van der Waals surface area contributed by atoms with Crippen LogP contribution in [-0.4, -0.2) is 12.6 Å². The average Bonchev–Trinajstić information content (AvgIpc) is 2.74. The molecule has 0 saturated carbocycles. The number of benzene rings is 1. The monoisotopic (exact) mass is 295 g/mol. The van der Waals surface area contributed by atoms with E-state index >= 15 is 0 Å². The minimum absolute atomic E-state index is 0.448. The van der Waals surface area contributed by atoms with Crippen molar-refractivity contribution >= 4 is 15.9 Å². The molecule has 2 rings (SSSR count). The zero-order valence-corrected chi connectivity index (χ0v) is 11.7. The van der Waals surface area contributed by atoms with Crippen LogP contribution in [0.25, 0.3) is 0 Å². The van der Waals surface area contributed by atoms with Crippen molar-refractivity contribution in [1.82, 2.24) is 5.32 Å². The summed E-state index contributed by atoms with van der Waals surface area (Å²) in [6, 6.07) is 4.74. The number of ether oxygens (including phenoxy) is 1. The van der Waals surface area contributed by atoms with Gasteiger partial charge < -0.3 is 10.1 Å². The Labute approximate surface area is 111 Å². The Bertz CT molecular complexity index is 417. The second kappa shape index (κ2) is 5.69. The average molecular weight is 296 g/mol. The number of nitrogens with one attached hydrogen (secondary N) is 1. The molecule has 1 N–H and O–H groups in total. The van der Waals surface area contributed by atoms with Gasteiger partial charge in [0.2, 0.25) is 0 Å². The number of hydrogen-bond acceptors (Lipinski definition) is 2. The van der Waals surface area contributed by atoms with E-state index in [2.05, 4.69) is 46.9 Å². The van der Waals surface area contributed by atoms with Gasteiger partial charge in [0.25, 0.3) is 0 Å². The first-order valence-corrected chi connectivity index (χ1v) is 6.78.